The van der Waals surface area contributed by atoms with E-state index >= 15 is 0 Å². The van der Waals surface area contributed by atoms with Crippen LogP contribution in [0.3, 0.4) is 0 Å². The lowest BCUT2D eigenvalue weighted by atomic mass is 10.1. The molecule has 1 aromatic rings. The number of hydrogen-bond acceptors (Lipinski definition) is 3. The van der Waals surface area contributed by atoms with E-state index < -0.39 is 0 Å². The van der Waals surface area contributed by atoms with Crippen molar-refractivity contribution in [2.45, 2.75) is 31.6 Å². The van der Waals surface area contributed by atoms with E-state index in [1.54, 1.807) is 11.8 Å². The number of rotatable bonds is 5. The molecule has 0 aliphatic carbocycles. The SMILES string of the molecule is CCCCOC(=O)c1cc(SC)ccc1C. The topological polar surface area (TPSA) is 26.3 Å². The van der Waals surface area contributed by atoms with Gasteiger partial charge in [0.15, 0.2) is 0 Å². The Kier molecular flexibility index (Phi) is 5.39. The molecule has 0 atom stereocenters. The maximum absolute atomic E-state index is 11.8. The van der Waals surface area contributed by atoms with Gasteiger partial charge in [0, 0.05) is 4.90 Å². The molecule has 2 nitrogen and oxygen atoms in total. The highest BCUT2D eigenvalue weighted by Gasteiger charge is 2.10. The number of carbonyl (C=O) groups is 1. The zero-order valence-electron chi connectivity index (χ0n) is 10.1. The van der Waals surface area contributed by atoms with Gasteiger partial charge < -0.3 is 4.74 Å². The summed E-state index contributed by atoms with van der Waals surface area (Å²) in [5, 5.41) is 0. The number of esters is 1. The highest BCUT2D eigenvalue weighted by molar-refractivity contribution is 7.98. The minimum atomic E-state index is -0.207. The number of carbonyl (C=O) groups excluding carboxylic acids is 1. The molecular formula is C13H18O2S. The van der Waals surface area contributed by atoms with Crippen LogP contribution in [0.2, 0.25) is 0 Å². The number of unbranched alkanes of at least 4 members (excludes halogenated alkanes) is 1. The molecule has 0 saturated carbocycles. The first-order chi connectivity index (χ1) is 7.69. The first-order valence-corrected chi connectivity index (χ1v) is 6.73. The standard InChI is InChI=1S/C13H18O2S/c1-4-5-8-15-13(14)12-9-11(16-3)7-6-10(12)2/h6-7,9H,4-5,8H2,1-3H3. The second-order valence-corrected chi connectivity index (χ2v) is 4.55. The van der Waals surface area contributed by atoms with Gasteiger partial charge in [0.1, 0.15) is 0 Å². The molecule has 3 heteroatoms. The van der Waals surface area contributed by atoms with Gasteiger partial charge in [0.25, 0.3) is 0 Å². The molecule has 0 N–H and O–H groups in total. The molecule has 16 heavy (non-hydrogen) atoms. The van der Waals surface area contributed by atoms with Gasteiger partial charge in [-0.1, -0.05) is 19.4 Å². The Morgan fingerprint density at radius 3 is 2.81 bits per heavy atom. The normalized spacial score (nSPS) is 10.2. The maximum Gasteiger partial charge on any atom is 0.338 e. The maximum atomic E-state index is 11.8. The lowest BCUT2D eigenvalue weighted by molar-refractivity contribution is 0.0498. The van der Waals surface area contributed by atoms with Crippen LogP contribution >= 0.6 is 11.8 Å². The van der Waals surface area contributed by atoms with E-state index in [0.717, 1.165) is 23.3 Å². The number of ether oxygens (including phenoxy) is 1. The third kappa shape index (κ3) is 3.56. The Morgan fingerprint density at radius 2 is 2.19 bits per heavy atom. The molecule has 0 bridgehead atoms. The lowest BCUT2D eigenvalue weighted by Gasteiger charge is -2.07. The summed E-state index contributed by atoms with van der Waals surface area (Å²) >= 11 is 1.63. The van der Waals surface area contributed by atoms with Crippen LogP contribution in [-0.2, 0) is 4.74 Å². The fraction of sp³-hybridized carbons (Fsp3) is 0.462. The van der Waals surface area contributed by atoms with E-state index in [-0.39, 0.29) is 5.97 Å². The number of benzene rings is 1. The van der Waals surface area contributed by atoms with Crippen LogP contribution in [0, 0.1) is 6.92 Å². The summed E-state index contributed by atoms with van der Waals surface area (Å²) < 4.78 is 5.20. The number of aryl methyl sites for hydroxylation is 1. The molecule has 0 fully saturated rings. The molecule has 1 aromatic carbocycles. The molecule has 88 valence electrons. The van der Waals surface area contributed by atoms with Crippen LogP contribution in [0.25, 0.3) is 0 Å². The Bertz CT molecular complexity index is 361. The highest BCUT2D eigenvalue weighted by atomic mass is 32.2. The molecule has 0 aliphatic rings. The van der Waals surface area contributed by atoms with Gasteiger partial charge in [-0.3, -0.25) is 0 Å². The van der Waals surface area contributed by atoms with Crippen molar-refractivity contribution >= 4 is 17.7 Å². The predicted molar refractivity (Wildman–Crippen MR) is 68.2 cm³/mol. The Morgan fingerprint density at radius 1 is 1.44 bits per heavy atom. The summed E-state index contributed by atoms with van der Waals surface area (Å²) in [6, 6.07) is 5.87. The van der Waals surface area contributed by atoms with Gasteiger partial charge >= 0.3 is 5.97 Å². The van der Waals surface area contributed by atoms with Gasteiger partial charge in [-0.05, 0) is 37.3 Å². The molecule has 0 aliphatic heterocycles. The Labute approximate surface area is 101 Å². The largest absolute Gasteiger partial charge is 0.462 e. The highest BCUT2D eigenvalue weighted by Crippen LogP contribution is 2.19. The second-order valence-electron chi connectivity index (χ2n) is 3.67. The zero-order valence-corrected chi connectivity index (χ0v) is 10.9. The summed E-state index contributed by atoms with van der Waals surface area (Å²) in [5.41, 5.74) is 1.65. The zero-order chi connectivity index (χ0) is 12.0. The molecule has 1 rings (SSSR count). The van der Waals surface area contributed by atoms with Gasteiger partial charge in [-0.2, -0.15) is 0 Å². The molecule has 0 aromatic heterocycles. The van der Waals surface area contributed by atoms with Crippen LogP contribution in [0.15, 0.2) is 23.1 Å². The average molecular weight is 238 g/mol. The number of thioether (sulfide) groups is 1. The summed E-state index contributed by atoms with van der Waals surface area (Å²) in [6.07, 6.45) is 3.96. The summed E-state index contributed by atoms with van der Waals surface area (Å²) in [6.45, 7) is 4.52. The molecule has 0 saturated heterocycles. The summed E-state index contributed by atoms with van der Waals surface area (Å²) in [7, 11) is 0. The van der Waals surface area contributed by atoms with Crippen molar-refractivity contribution in [3.8, 4) is 0 Å². The van der Waals surface area contributed by atoms with Gasteiger partial charge in [-0.25, -0.2) is 4.79 Å². The van der Waals surface area contributed by atoms with Crippen LogP contribution < -0.4 is 0 Å². The van der Waals surface area contributed by atoms with Gasteiger partial charge in [-0.15, -0.1) is 11.8 Å². The molecular weight excluding hydrogens is 220 g/mol. The van der Waals surface area contributed by atoms with E-state index in [1.807, 2.05) is 31.4 Å². The first-order valence-electron chi connectivity index (χ1n) is 5.50. The van der Waals surface area contributed by atoms with Crippen molar-refractivity contribution in [3.05, 3.63) is 29.3 Å². The van der Waals surface area contributed by atoms with E-state index in [2.05, 4.69) is 6.92 Å². The van der Waals surface area contributed by atoms with Crippen molar-refractivity contribution in [2.75, 3.05) is 12.9 Å². The quantitative estimate of drug-likeness (QED) is 0.445. The monoisotopic (exact) mass is 238 g/mol. The molecule has 0 heterocycles. The minimum absolute atomic E-state index is 0.207. The van der Waals surface area contributed by atoms with Crippen molar-refractivity contribution in [1.82, 2.24) is 0 Å². The molecule has 0 radical (unpaired) electrons. The smallest absolute Gasteiger partial charge is 0.338 e. The van der Waals surface area contributed by atoms with E-state index in [1.165, 1.54) is 0 Å². The third-order valence-corrected chi connectivity index (χ3v) is 3.12. The first kappa shape index (κ1) is 13.1. The van der Waals surface area contributed by atoms with Crippen molar-refractivity contribution in [3.63, 3.8) is 0 Å². The lowest BCUT2D eigenvalue weighted by Crippen LogP contribution is -2.08. The molecule has 0 amide bonds. The van der Waals surface area contributed by atoms with Gasteiger partial charge in [0.05, 0.1) is 12.2 Å². The second kappa shape index (κ2) is 6.59. The van der Waals surface area contributed by atoms with E-state index in [4.69, 9.17) is 4.74 Å². The summed E-state index contributed by atoms with van der Waals surface area (Å²) in [5.74, 6) is -0.207. The van der Waals surface area contributed by atoms with Crippen LogP contribution in [0.5, 0.6) is 0 Å². The Balaban J connectivity index is 2.73. The molecule has 0 unspecified atom stereocenters. The van der Waals surface area contributed by atoms with E-state index in [0.29, 0.717) is 12.2 Å². The third-order valence-electron chi connectivity index (χ3n) is 2.40. The van der Waals surface area contributed by atoms with Gasteiger partial charge in [0.2, 0.25) is 0 Å². The predicted octanol–water partition coefficient (Wildman–Crippen LogP) is 3.67. The minimum Gasteiger partial charge on any atom is -0.462 e. The summed E-state index contributed by atoms with van der Waals surface area (Å²) in [4.78, 5) is 12.9. The van der Waals surface area contributed by atoms with Crippen LogP contribution in [0.4, 0.5) is 0 Å². The Hall–Kier alpha value is -0.960. The molecule has 0 spiro atoms. The van der Waals surface area contributed by atoms with Crippen molar-refractivity contribution < 1.29 is 9.53 Å². The van der Waals surface area contributed by atoms with Crippen molar-refractivity contribution in [2.24, 2.45) is 0 Å². The van der Waals surface area contributed by atoms with Crippen LogP contribution in [-0.4, -0.2) is 18.8 Å². The van der Waals surface area contributed by atoms with E-state index in [9.17, 15) is 4.79 Å². The number of hydrogen-bond donors (Lipinski definition) is 0. The average Bonchev–Trinajstić information content (AvgIpc) is 2.30. The van der Waals surface area contributed by atoms with Crippen molar-refractivity contribution in [1.29, 1.82) is 0 Å². The fourth-order valence-electron chi connectivity index (χ4n) is 1.33. The van der Waals surface area contributed by atoms with Crippen LogP contribution in [0.1, 0.15) is 35.7 Å². The fourth-order valence-corrected chi connectivity index (χ4v) is 1.77.